The third kappa shape index (κ3) is 5.08. The molecule has 0 aliphatic carbocycles. The number of alkyl halides is 1. The molecule has 0 aliphatic heterocycles. The van der Waals surface area contributed by atoms with Gasteiger partial charge in [0.1, 0.15) is 0 Å². The Kier molecular flexibility index (Phi) is 5.66. The number of nitrogens with one attached hydrogen (secondary N) is 1. The van der Waals surface area contributed by atoms with Crippen molar-refractivity contribution < 1.29 is 4.79 Å². The number of aromatic nitrogens is 2. The summed E-state index contributed by atoms with van der Waals surface area (Å²) in [5.41, 5.74) is 0.000888. The van der Waals surface area contributed by atoms with Crippen LogP contribution in [0, 0.1) is 5.41 Å². The lowest BCUT2D eigenvalue weighted by molar-refractivity contribution is -0.122. The fourth-order valence-corrected chi connectivity index (χ4v) is 1.77. The molecule has 1 N–H and O–H groups in total. The molecule has 5 heteroatoms. The first-order valence-corrected chi connectivity index (χ1v) is 6.78. The number of halogens is 1. The number of carbonyl (C=O) groups excluding carboxylic acids is 1. The average Bonchev–Trinajstić information content (AvgIpc) is 2.77. The maximum atomic E-state index is 11.8. The molecule has 1 atom stereocenters. The third-order valence-corrected chi connectivity index (χ3v) is 3.14. The van der Waals surface area contributed by atoms with E-state index in [0.717, 1.165) is 13.0 Å². The Hall–Kier alpha value is -1.03. The Morgan fingerprint density at radius 1 is 1.50 bits per heavy atom. The smallest absolute Gasteiger partial charge is 0.220 e. The number of hydrogen-bond donors (Lipinski definition) is 1. The van der Waals surface area contributed by atoms with Crippen molar-refractivity contribution in [3.8, 4) is 0 Å². The highest BCUT2D eigenvalue weighted by atomic mass is 35.5. The van der Waals surface area contributed by atoms with Crippen LogP contribution < -0.4 is 5.32 Å². The molecule has 0 bridgehead atoms. The molecule has 4 nitrogen and oxygen atoms in total. The van der Waals surface area contributed by atoms with Crippen LogP contribution in [0.5, 0.6) is 0 Å². The fourth-order valence-electron chi connectivity index (χ4n) is 1.64. The SMILES string of the molecule is CC(C)(C)C(Cn1ccnc1)NC(=O)CCCCl. The second-order valence-electron chi connectivity index (χ2n) is 5.54. The van der Waals surface area contributed by atoms with Gasteiger partial charge in [0.05, 0.1) is 12.4 Å². The van der Waals surface area contributed by atoms with Gasteiger partial charge < -0.3 is 9.88 Å². The van der Waals surface area contributed by atoms with Crippen LogP contribution in [0.15, 0.2) is 18.7 Å². The van der Waals surface area contributed by atoms with Gasteiger partial charge in [0.15, 0.2) is 0 Å². The summed E-state index contributed by atoms with van der Waals surface area (Å²) < 4.78 is 1.98. The van der Waals surface area contributed by atoms with Crippen LogP contribution >= 0.6 is 11.6 Å². The molecule has 0 saturated heterocycles. The topological polar surface area (TPSA) is 46.9 Å². The highest BCUT2D eigenvalue weighted by molar-refractivity contribution is 6.17. The maximum absolute atomic E-state index is 11.8. The van der Waals surface area contributed by atoms with E-state index < -0.39 is 0 Å². The predicted molar refractivity (Wildman–Crippen MR) is 73.6 cm³/mol. The van der Waals surface area contributed by atoms with Crippen molar-refractivity contribution in [2.75, 3.05) is 5.88 Å². The molecular weight excluding hydrogens is 250 g/mol. The van der Waals surface area contributed by atoms with Crippen LogP contribution in [0.1, 0.15) is 33.6 Å². The van der Waals surface area contributed by atoms with Gasteiger partial charge in [-0.25, -0.2) is 4.98 Å². The first kappa shape index (κ1) is 15.0. The summed E-state index contributed by atoms with van der Waals surface area (Å²) >= 11 is 5.59. The second-order valence-corrected chi connectivity index (χ2v) is 5.92. The largest absolute Gasteiger partial charge is 0.351 e. The Labute approximate surface area is 114 Å². The van der Waals surface area contributed by atoms with E-state index in [4.69, 9.17) is 11.6 Å². The lowest BCUT2D eigenvalue weighted by Gasteiger charge is -2.31. The van der Waals surface area contributed by atoms with E-state index in [2.05, 4.69) is 31.1 Å². The van der Waals surface area contributed by atoms with Gasteiger partial charge in [0, 0.05) is 31.2 Å². The van der Waals surface area contributed by atoms with Crippen molar-refractivity contribution in [2.24, 2.45) is 5.41 Å². The first-order valence-electron chi connectivity index (χ1n) is 6.24. The molecule has 1 amide bonds. The first-order chi connectivity index (χ1) is 8.43. The number of nitrogens with zero attached hydrogens (tertiary/aromatic N) is 2. The molecule has 0 saturated carbocycles. The number of carbonyl (C=O) groups is 1. The molecular formula is C13H22ClN3O. The molecule has 102 valence electrons. The van der Waals surface area contributed by atoms with E-state index in [9.17, 15) is 4.79 Å². The minimum atomic E-state index is 0.000888. The Morgan fingerprint density at radius 2 is 2.22 bits per heavy atom. The molecule has 1 unspecified atom stereocenters. The molecule has 0 radical (unpaired) electrons. The monoisotopic (exact) mass is 271 g/mol. The summed E-state index contributed by atoms with van der Waals surface area (Å²) in [4.78, 5) is 15.8. The number of amides is 1. The van der Waals surface area contributed by atoms with Gasteiger partial charge in [-0.3, -0.25) is 4.79 Å². The summed E-state index contributed by atoms with van der Waals surface area (Å²) in [5.74, 6) is 0.588. The minimum absolute atomic E-state index is 0.000888. The Balaban J connectivity index is 2.59. The predicted octanol–water partition coefficient (Wildman–Crippen LogP) is 2.43. The zero-order valence-electron chi connectivity index (χ0n) is 11.3. The lowest BCUT2D eigenvalue weighted by atomic mass is 9.86. The van der Waals surface area contributed by atoms with E-state index in [1.807, 2.05) is 10.8 Å². The normalized spacial score (nSPS) is 13.3. The van der Waals surface area contributed by atoms with E-state index in [1.165, 1.54) is 0 Å². The number of imidazole rings is 1. The van der Waals surface area contributed by atoms with Gasteiger partial charge in [-0.2, -0.15) is 0 Å². The standard InChI is InChI=1S/C13H22ClN3O/c1-13(2,3)11(9-17-8-7-15-10-17)16-12(18)5-4-6-14/h7-8,10-11H,4-6,9H2,1-3H3,(H,16,18). The van der Waals surface area contributed by atoms with Gasteiger partial charge in [0.25, 0.3) is 0 Å². The van der Waals surface area contributed by atoms with E-state index in [1.54, 1.807) is 12.5 Å². The fraction of sp³-hybridized carbons (Fsp3) is 0.692. The van der Waals surface area contributed by atoms with Gasteiger partial charge >= 0.3 is 0 Å². The van der Waals surface area contributed by atoms with Crippen molar-refractivity contribution in [3.05, 3.63) is 18.7 Å². The average molecular weight is 272 g/mol. The highest BCUT2D eigenvalue weighted by Gasteiger charge is 2.26. The Bertz CT molecular complexity index is 357. The second kappa shape index (κ2) is 6.78. The summed E-state index contributed by atoms with van der Waals surface area (Å²) in [6.45, 7) is 7.10. The van der Waals surface area contributed by atoms with Gasteiger partial charge in [-0.1, -0.05) is 20.8 Å². The molecule has 0 fully saturated rings. The maximum Gasteiger partial charge on any atom is 0.220 e. The van der Waals surface area contributed by atoms with Crippen molar-refractivity contribution in [2.45, 2.75) is 46.2 Å². The molecule has 0 spiro atoms. The summed E-state index contributed by atoms with van der Waals surface area (Å²) in [7, 11) is 0. The van der Waals surface area contributed by atoms with E-state index >= 15 is 0 Å². The molecule has 1 aromatic heterocycles. The minimum Gasteiger partial charge on any atom is -0.351 e. The van der Waals surface area contributed by atoms with E-state index in [0.29, 0.717) is 12.3 Å². The quantitative estimate of drug-likeness (QED) is 0.808. The van der Waals surface area contributed by atoms with Crippen LogP contribution in [0.3, 0.4) is 0 Å². The number of rotatable bonds is 6. The van der Waals surface area contributed by atoms with E-state index in [-0.39, 0.29) is 17.4 Å². The Morgan fingerprint density at radius 3 is 2.72 bits per heavy atom. The van der Waals surface area contributed by atoms with Crippen LogP contribution in [0.25, 0.3) is 0 Å². The van der Waals surface area contributed by atoms with Crippen LogP contribution in [-0.4, -0.2) is 27.4 Å². The van der Waals surface area contributed by atoms with Gasteiger partial charge in [0.2, 0.25) is 5.91 Å². The molecule has 0 aliphatic rings. The molecule has 1 rings (SSSR count). The zero-order chi connectivity index (χ0) is 13.6. The van der Waals surface area contributed by atoms with Gasteiger partial charge in [-0.05, 0) is 11.8 Å². The van der Waals surface area contributed by atoms with Crippen LogP contribution in [0.2, 0.25) is 0 Å². The van der Waals surface area contributed by atoms with Crippen LogP contribution in [-0.2, 0) is 11.3 Å². The summed E-state index contributed by atoms with van der Waals surface area (Å²) in [5, 5.41) is 3.08. The van der Waals surface area contributed by atoms with Crippen molar-refractivity contribution >= 4 is 17.5 Å². The molecule has 1 heterocycles. The third-order valence-electron chi connectivity index (χ3n) is 2.87. The van der Waals surface area contributed by atoms with Crippen molar-refractivity contribution in [3.63, 3.8) is 0 Å². The highest BCUT2D eigenvalue weighted by Crippen LogP contribution is 2.21. The van der Waals surface area contributed by atoms with Gasteiger partial charge in [-0.15, -0.1) is 11.6 Å². The zero-order valence-corrected chi connectivity index (χ0v) is 12.1. The van der Waals surface area contributed by atoms with Crippen molar-refractivity contribution in [1.82, 2.24) is 14.9 Å². The number of hydrogen-bond acceptors (Lipinski definition) is 2. The molecule has 0 aromatic carbocycles. The molecule has 1 aromatic rings. The summed E-state index contributed by atoms with van der Waals surface area (Å²) in [6.07, 6.45) is 6.62. The van der Waals surface area contributed by atoms with Crippen LogP contribution in [0.4, 0.5) is 0 Å². The lowest BCUT2D eigenvalue weighted by Crippen LogP contribution is -2.46. The summed E-state index contributed by atoms with van der Waals surface area (Å²) in [6, 6.07) is 0.0783. The van der Waals surface area contributed by atoms with Crippen molar-refractivity contribution in [1.29, 1.82) is 0 Å². The molecule has 18 heavy (non-hydrogen) atoms.